The lowest BCUT2D eigenvalue weighted by Gasteiger charge is -2.34. The number of halogens is 3. The molecule has 2 N–H and O–H groups in total. The van der Waals surface area contributed by atoms with E-state index in [2.05, 4.69) is 47.8 Å². The van der Waals surface area contributed by atoms with Gasteiger partial charge in [-0.15, -0.1) is 0 Å². The van der Waals surface area contributed by atoms with Crippen molar-refractivity contribution in [3.63, 3.8) is 0 Å². The first-order chi connectivity index (χ1) is 5.07. The van der Waals surface area contributed by atoms with Crippen LogP contribution < -0.4 is 0 Å². The van der Waals surface area contributed by atoms with Crippen molar-refractivity contribution < 1.29 is 10.2 Å². The summed E-state index contributed by atoms with van der Waals surface area (Å²) in [6.07, 6.45) is -0.725. The van der Waals surface area contributed by atoms with Gasteiger partial charge in [0.2, 0.25) is 0 Å². The van der Waals surface area contributed by atoms with Crippen LogP contribution in [0.5, 0.6) is 0 Å². The van der Waals surface area contributed by atoms with Gasteiger partial charge in [0.1, 0.15) is 0 Å². The molecule has 0 aromatic heterocycles. The first-order valence-electron chi connectivity index (χ1n) is 3.54. The first kappa shape index (κ1) is 13.4. The Hall–Kier alpha value is 1.36. The zero-order valence-corrected chi connectivity index (χ0v) is 11.9. The molecule has 0 radical (unpaired) electrons. The fraction of sp³-hybridized carbons (Fsp3) is 1.00. The summed E-state index contributed by atoms with van der Waals surface area (Å²) in [6.45, 7) is 5.11. The molecule has 0 heterocycles. The minimum atomic E-state index is -0.903. The minimum Gasteiger partial charge on any atom is -0.390 e. The number of hydrogen-bond acceptors (Lipinski definition) is 2. The van der Waals surface area contributed by atoms with Crippen LogP contribution in [-0.4, -0.2) is 24.1 Å². The normalized spacial score (nSPS) is 19.0. The number of rotatable bonds is 2. The Morgan fingerprint density at radius 1 is 1.17 bits per heavy atom. The molecule has 0 aromatic carbocycles. The lowest BCUT2D eigenvalue weighted by molar-refractivity contribution is -0.0328. The second-order valence-corrected chi connectivity index (χ2v) is 10.4. The van der Waals surface area contributed by atoms with Gasteiger partial charge < -0.3 is 10.2 Å². The van der Waals surface area contributed by atoms with Gasteiger partial charge in [0.25, 0.3) is 0 Å². The zero-order chi connectivity index (χ0) is 10.2. The quantitative estimate of drug-likeness (QED) is 0.735. The van der Waals surface area contributed by atoms with Crippen molar-refractivity contribution in [3.05, 3.63) is 0 Å². The highest BCUT2D eigenvalue weighted by Crippen LogP contribution is 2.42. The molecular weight excluding hydrogens is 356 g/mol. The fourth-order valence-electron chi connectivity index (χ4n) is 0.670. The van der Waals surface area contributed by atoms with Crippen LogP contribution >= 0.6 is 47.8 Å². The van der Waals surface area contributed by atoms with Crippen LogP contribution in [-0.2, 0) is 0 Å². The van der Waals surface area contributed by atoms with Gasteiger partial charge >= 0.3 is 0 Å². The molecule has 0 aliphatic heterocycles. The van der Waals surface area contributed by atoms with Crippen molar-refractivity contribution in [1.29, 1.82) is 0 Å². The second kappa shape index (κ2) is 4.26. The Morgan fingerprint density at radius 3 is 1.58 bits per heavy atom. The monoisotopic (exact) mass is 366 g/mol. The van der Waals surface area contributed by atoms with E-state index in [1.165, 1.54) is 0 Å². The Bertz CT molecular complexity index is 130. The summed E-state index contributed by atoms with van der Waals surface area (Å²) in [5.41, 5.74) is -0.903. The summed E-state index contributed by atoms with van der Waals surface area (Å²) >= 11 is 9.63. The van der Waals surface area contributed by atoms with Crippen LogP contribution in [0.25, 0.3) is 0 Å². The third kappa shape index (κ3) is 4.05. The standard InChI is InChI=1S/C7H13Br3O2/c1-4(6(2,3)12)5(11)7(8,9)10/h4-5,11-12H,1-3H3. The number of aliphatic hydroxyl groups excluding tert-OH is 1. The predicted octanol–water partition coefficient (Wildman–Crippen LogP) is 2.59. The van der Waals surface area contributed by atoms with Gasteiger partial charge in [0.15, 0.2) is 2.14 Å². The van der Waals surface area contributed by atoms with E-state index in [0.717, 1.165) is 0 Å². The molecule has 0 fully saturated rings. The van der Waals surface area contributed by atoms with E-state index >= 15 is 0 Å². The lowest BCUT2D eigenvalue weighted by atomic mass is 9.89. The third-order valence-corrected chi connectivity index (χ3v) is 3.33. The molecule has 0 rings (SSSR count). The average molecular weight is 369 g/mol. The zero-order valence-electron chi connectivity index (χ0n) is 7.18. The summed E-state index contributed by atoms with van der Waals surface area (Å²) in [4.78, 5) is 0. The largest absolute Gasteiger partial charge is 0.390 e. The number of alkyl halides is 3. The average Bonchev–Trinajstić information content (AvgIpc) is 1.80. The summed E-state index contributed by atoms with van der Waals surface area (Å²) in [7, 11) is 0. The molecule has 0 bridgehead atoms. The Morgan fingerprint density at radius 2 is 1.50 bits per heavy atom. The van der Waals surface area contributed by atoms with E-state index in [1.807, 2.05) is 0 Å². The van der Waals surface area contributed by atoms with Crippen molar-refractivity contribution in [2.24, 2.45) is 5.92 Å². The maximum atomic E-state index is 9.69. The topological polar surface area (TPSA) is 40.5 Å². The van der Waals surface area contributed by atoms with Gasteiger partial charge in [-0.05, 0) is 13.8 Å². The Labute approximate surface area is 98.1 Å². The molecule has 0 aliphatic carbocycles. The van der Waals surface area contributed by atoms with E-state index in [1.54, 1.807) is 20.8 Å². The summed E-state index contributed by atoms with van der Waals surface area (Å²) in [6, 6.07) is 0. The highest BCUT2D eigenvalue weighted by molar-refractivity contribution is 9.39. The number of aliphatic hydroxyl groups is 2. The minimum absolute atomic E-state index is 0.254. The van der Waals surface area contributed by atoms with Gasteiger partial charge in [0.05, 0.1) is 11.7 Å². The van der Waals surface area contributed by atoms with Crippen LogP contribution in [0.2, 0.25) is 0 Å². The molecule has 0 aromatic rings. The maximum absolute atomic E-state index is 9.69. The van der Waals surface area contributed by atoms with E-state index < -0.39 is 13.8 Å². The molecular formula is C7H13Br3O2. The van der Waals surface area contributed by atoms with Crippen LogP contribution in [0.4, 0.5) is 0 Å². The maximum Gasteiger partial charge on any atom is 0.160 e. The number of hydrogen-bond donors (Lipinski definition) is 2. The van der Waals surface area contributed by atoms with Crippen LogP contribution in [0.15, 0.2) is 0 Å². The molecule has 2 atom stereocenters. The van der Waals surface area contributed by atoms with Crippen molar-refractivity contribution in [3.8, 4) is 0 Å². The summed E-state index contributed by atoms with van der Waals surface area (Å²) < 4.78 is -0.730. The molecule has 0 spiro atoms. The van der Waals surface area contributed by atoms with Gasteiger partial charge in [-0.1, -0.05) is 54.7 Å². The van der Waals surface area contributed by atoms with Crippen molar-refractivity contribution in [2.45, 2.75) is 34.6 Å². The smallest absolute Gasteiger partial charge is 0.160 e. The highest BCUT2D eigenvalue weighted by atomic mass is 80.0. The van der Waals surface area contributed by atoms with Gasteiger partial charge in [-0.25, -0.2) is 0 Å². The molecule has 0 saturated heterocycles. The summed E-state index contributed by atoms with van der Waals surface area (Å²) in [5, 5.41) is 19.3. The van der Waals surface area contributed by atoms with Gasteiger partial charge in [-0.2, -0.15) is 0 Å². The molecule has 74 valence electrons. The molecule has 2 nitrogen and oxygen atoms in total. The highest BCUT2D eigenvalue weighted by Gasteiger charge is 2.39. The van der Waals surface area contributed by atoms with Crippen LogP contribution in [0.1, 0.15) is 20.8 Å². The van der Waals surface area contributed by atoms with E-state index in [9.17, 15) is 10.2 Å². The van der Waals surface area contributed by atoms with E-state index in [-0.39, 0.29) is 5.92 Å². The molecule has 0 saturated carbocycles. The van der Waals surface area contributed by atoms with Crippen molar-refractivity contribution >= 4 is 47.8 Å². The Balaban J connectivity index is 4.41. The molecule has 5 heteroatoms. The van der Waals surface area contributed by atoms with Crippen LogP contribution in [0, 0.1) is 5.92 Å². The van der Waals surface area contributed by atoms with Crippen molar-refractivity contribution in [2.75, 3.05) is 0 Å². The molecule has 12 heavy (non-hydrogen) atoms. The van der Waals surface area contributed by atoms with Crippen LogP contribution in [0.3, 0.4) is 0 Å². The second-order valence-electron chi connectivity index (χ2n) is 3.43. The molecule has 0 amide bonds. The van der Waals surface area contributed by atoms with E-state index in [4.69, 9.17) is 0 Å². The van der Waals surface area contributed by atoms with Gasteiger partial charge in [0, 0.05) is 5.92 Å². The fourth-order valence-corrected chi connectivity index (χ4v) is 1.86. The Kier molecular flexibility index (Phi) is 4.74. The third-order valence-electron chi connectivity index (χ3n) is 1.92. The van der Waals surface area contributed by atoms with Gasteiger partial charge in [-0.3, -0.25) is 0 Å². The molecule has 2 unspecified atom stereocenters. The van der Waals surface area contributed by atoms with E-state index in [0.29, 0.717) is 0 Å². The molecule has 0 aliphatic rings. The predicted molar refractivity (Wildman–Crippen MR) is 61.0 cm³/mol. The van der Waals surface area contributed by atoms with Crippen molar-refractivity contribution in [1.82, 2.24) is 0 Å². The SMILES string of the molecule is CC(C(O)C(Br)(Br)Br)C(C)(C)O. The lowest BCUT2D eigenvalue weighted by Crippen LogP contribution is -2.43. The first-order valence-corrected chi connectivity index (χ1v) is 5.92. The summed E-state index contributed by atoms with van der Waals surface area (Å²) in [5.74, 6) is -0.254.